The van der Waals surface area contributed by atoms with Gasteiger partial charge in [-0.2, -0.15) is 0 Å². The van der Waals surface area contributed by atoms with Crippen molar-refractivity contribution in [1.82, 2.24) is 4.90 Å². The number of rotatable bonds is 9. The van der Waals surface area contributed by atoms with E-state index in [-0.39, 0.29) is 28.8 Å². The number of alkyl halides is 1. The van der Waals surface area contributed by atoms with Gasteiger partial charge in [-0.15, -0.1) is 0 Å². The van der Waals surface area contributed by atoms with Crippen molar-refractivity contribution in [3.63, 3.8) is 0 Å². The Kier molecular flexibility index (Phi) is 8.86. The van der Waals surface area contributed by atoms with Crippen LogP contribution in [0.25, 0.3) is 0 Å². The normalized spacial score (nSPS) is 18.7. The van der Waals surface area contributed by atoms with Gasteiger partial charge in [-0.05, 0) is 49.0 Å². The van der Waals surface area contributed by atoms with Crippen molar-refractivity contribution in [3.8, 4) is 5.75 Å². The SMILES string of the molecule is C[C@@H](O)[C@H]1C(=O)N(C(C(=S)OCc2ccc([N+](=O)[O-])cc2)=C(Oc2ccccc2F)C(=O)C(C)(C)C)[C@H]1Cl. The zero-order chi connectivity index (χ0) is 28.4. The Balaban J connectivity index is 2.08. The summed E-state index contributed by atoms with van der Waals surface area (Å²) in [5.41, 5.74) is -2.06. The molecule has 1 fully saturated rings. The third-order valence-electron chi connectivity index (χ3n) is 5.69. The molecule has 0 aliphatic carbocycles. The van der Waals surface area contributed by atoms with Crippen LogP contribution in [0.15, 0.2) is 60.0 Å². The highest BCUT2D eigenvalue weighted by atomic mass is 35.5. The number of carbonyl (C=O) groups excluding carboxylic acids is 2. The first kappa shape index (κ1) is 29.2. The molecule has 2 aromatic carbocycles. The summed E-state index contributed by atoms with van der Waals surface area (Å²) in [5, 5.41) is 20.6. The molecule has 0 spiro atoms. The molecule has 0 aromatic heterocycles. The molecule has 0 unspecified atom stereocenters. The highest BCUT2D eigenvalue weighted by molar-refractivity contribution is 7.80. The Morgan fingerprint density at radius 1 is 1.24 bits per heavy atom. The van der Waals surface area contributed by atoms with E-state index in [1.54, 1.807) is 20.8 Å². The predicted octanol–water partition coefficient (Wildman–Crippen LogP) is 4.89. The number of ether oxygens (including phenoxy) is 2. The lowest BCUT2D eigenvalue weighted by atomic mass is 9.87. The van der Waals surface area contributed by atoms with E-state index < -0.39 is 51.1 Å². The number of aliphatic hydroxyl groups is 1. The van der Waals surface area contributed by atoms with E-state index in [0.29, 0.717) is 5.56 Å². The molecule has 0 radical (unpaired) electrons. The monoisotopic (exact) mass is 564 g/mol. The minimum absolute atomic E-state index is 0.117. The first-order valence-corrected chi connectivity index (χ1v) is 12.4. The number of ketones is 1. The maximum absolute atomic E-state index is 14.5. The molecule has 3 atom stereocenters. The van der Waals surface area contributed by atoms with Crippen LogP contribution in [0.1, 0.15) is 33.3 Å². The molecule has 1 aliphatic heterocycles. The van der Waals surface area contributed by atoms with Gasteiger partial charge < -0.3 is 14.6 Å². The number of nitro groups is 1. The number of β-lactam (4-membered cyclic amide) rings is 1. The minimum Gasteiger partial charge on any atom is -0.477 e. The summed E-state index contributed by atoms with van der Waals surface area (Å²) in [6, 6.07) is 10.9. The first-order chi connectivity index (χ1) is 17.7. The number of Topliss-reactive ketones (excluding diaryl/α,β-unsaturated/α-hetero) is 1. The predicted molar refractivity (Wildman–Crippen MR) is 141 cm³/mol. The highest BCUT2D eigenvalue weighted by Crippen LogP contribution is 2.39. The summed E-state index contributed by atoms with van der Waals surface area (Å²) in [6.07, 6.45) is -1.09. The molecule has 3 rings (SSSR count). The number of hydrogen-bond donors (Lipinski definition) is 1. The summed E-state index contributed by atoms with van der Waals surface area (Å²) in [6.45, 7) is 6.04. The Bertz CT molecular complexity index is 1290. The van der Waals surface area contributed by atoms with Gasteiger partial charge in [-0.3, -0.25) is 24.6 Å². The molecule has 0 bridgehead atoms. The smallest absolute Gasteiger partial charge is 0.269 e. The van der Waals surface area contributed by atoms with Crippen molar-refractivity contribution in [1.29, 1.82) is 0 Å². The van der Waals surface area contributed by atoms with Gasteiger partial charge in [0.2, 0.25) is 16.7 Å². The van der Waals surface area contributed by atoms with Crippen molar-refractivity contribution in [3.05, 3.63) is 81.5 Å². The molecule has 1 aliphatic rings. The van der Waals surface area contributed by atoms with E-state index in [1.807, 2.05) is 0 Å². The van der Waals surface area contributed by atoms with Crippen LogP contribution < -0.4 is 4.74 Å². The molecule has 0 saturated carbocycles. The number of nitrogens with zero attached hydrogens (tertiary/aromatic N) is 2. The van der Waals surface area contributed by atoms with Crippen molar-refractivity contribution < 1.29 is 33.5 Å². The molecule has 202 valence electrons. The molecule has 1 heterocycles. The average molecular weight is 565 g/mol. The number of non-ortho nitro benzene ring substituents is 1. The van der Waals surface area contributed by atoms with Crippen LogP contribution in [-0.2, 0) is 20.9 Å². The quantitative estimate of drug-likeness (QED) is 0.0668. The topological polar surface area (TPSA) is 119 Å². The van der Waals surface area contributed by atoms with E-state index in [9.17, 15) is 29.2 Å². The fourth-order valence-corrected chi connectivity index (χ4v) is 4.32. The maximum Gasteiger partial charge on any atom is 0.269 e. The number of nitro benzene ring substituents is 1. The molecule has 1 saturated heterocycles. The van der Waals surface area contributed by atoms with Gasteiger partial charge in [0.05, 0.1) is 16.9 Å². The van der Waals surface area contributed by atoms with Crippen LogP contribution in [-0.4, -0.2) is 43.3 Å². The third kappa shape index (κ3) is 6.17. The van der Waals surface area contributed by atoms with Crippen molar-refractivity contribution >= 4 is 46.2 Å². The number of para-hydroxylation sites is 1. The van der Waals surface area contributed by atoms with Gasteiger partial charge in [-0.1, -0.05) is 44.5 Å². The number of halogens is 2. The zero-order valence-corrected chi connectivity index (χ0v) is 22.6. The van der Waals surface area contributed by atoms with Gasteiger partial charge in [-0.25, -0.2) is 4.39 Å². The number of thiocarbonyl (C=S) groups is 1. The number of amides is 1. The maximum atomic E-state index is 14.5. The summed E-state index contributed by atoms with van der Waals surface area (Å²) < 4.78 is 26.0. The fourth-order valence-electron chi connectivity index (χ4n) is 3.56. The molecule has 12 heteroatoms. The van der Waals surface area contributed by atoms with Gasteiger partial charge in [0, 0.05) is 17.5 Å². The summed E-state index contributed by atoms with van der Waals surface area (Å²) >= 11 is 11.9. The van der Waals surface area contributed by atoms with Gasteiger partial charge in [0.25, 0.3) is 5.69 Å². The van der Waals surface area contributed by atoms with Crippen LogP contribution >= 0.6 is 23.8 Å². The second-order valence-corrected chi connectivity index (χ2v) is 10.5. The van der Waals surface area contributed by atoms with E-state index >= 15 is 0 Å². The molecular formula is C26H26ClFN2O7S. The van der Waals surface area contributed by atoms with Gasteiger partial charge >= 0.3 is 0 Å². The summed E-state index contributed by atoms with van der Waals surface area (Å²) in [4.78, 5) is 38.0. The number of carbonyl (C=O) groups is 2. The molecular weight excluding hydrogens is 539 g/mol. The van der Waals surface area contributed by atoms with Gasteiger partial charge in [0.1, 0.15) is 17.8 Å². The van der Waals surface area contributed by atoms with Crippen LogP contribution in [0.5, 0.6) is 5.75 Å². The van der Waals surface area contributed by atoms with Crippen molar-refractivity contribution in [2.75, 3.05) is 0 Å². The fraction of sp³-hybridized carbons (Fsp3) is 0.346. The Morgan fingerprint density at radius 3 is 2.34 bits per heavy atom. The minimum atomic E-state index is -1.11. The number of benzene rings is 2. The highest BCUT2D eigenvalue weighted by Gasteiger charge is 2.53. The Labute approximate surface area is 228 Å². The lowest BCUT2D eigenvalue weighted by molar-refractivity contribution is -0.384. The second-order valence-electron chi connectivity index (χ2n) is 9.64. The number of likely N-dealkylation sites (tertiary alicyclic amines) is 1. The van der Waals surface area contributed by atoms with Crippen LogP contribution in [0, 0.1) is 27.3 Å². The van der Waals surface area contributed by atoms with Crippen molar-refractivity contribution in [2.24, 2.45) is 11.3 Å². The van der Waals surface area contributed by atoms with E-state index in [2.05, 4.69) is 0 Å². The van der Waals surface area contributed by atoms with E-state index in [4.69, 9.17) is 33.3 Å². The number of hydrogen-bond acceptors (Lipinski definition) is 8. The van der Waals surface area contributed by atoms with Crippen LogP contribution in [0.4, 0.5) is 10.1 Å². The lowest BCUT2D eigenvalue weighted by Gasteiger charge is -2.46. The third-order valence-corrected chi connectivity index (χ3v) is 6.47. The van der Waals surface area contributed by atoms with E-state index in [0.717, 1.165) is 11.0 Å². The molecule has 1 N–H and O–H groups in total. The van der Waals surface area contributed by atoms with Crippen LogP contribution in [0.3, 0.4) is 0 Å². The number of aliphatic hydroxyl groups excluding tert-OH is 1. The lowest BCUT2D eigenvalue weighted by Crippen LogP contribution is -2.62. The average Bonchev–Trinajstić information content (AvgIpc) is 2.84. The zero-order valence-electron chi connectivity index (χ0n) is 21.0. The van der Waals surface area contributed by atoms with E-state index in [1.165, 1.54) is 49.4 Å². The largest absolute Gasteiger partial charge is 0.477 e. The molecule has 9 nitrogen and oxygen atoms in total. The molecule has 2 aromatic rings. The number of allylic oxidation sites excluding steroid dienone is 1. The molecule has 1 amide bonds. The molecule has 38 heavy (non-hydrogen) atoms. The van der Waals surface area contributed by atoms with Gasteiger partial charge in [0.15, 0.2) is 17.3 Å². The standard InChI is InChI=1S/C26H26ClFN2O7S/c1-14(31)19-23(27)29(24(19)33)20(25(38)36-13-15-9-11-16(12-10-15)30(34)35)21(22(32)26(2,3)4)37-18-8-6-5-7-17(18)28/h5-12,14,19,23,31H,13H2,1-4H3/t14-,19-,23-/m1/s1. The second kappa shape index (κ2) is 11.5. The van der Waals surface area contributed by atoms with Crippen LogP contribution in [0.2, 0.25) is 0 Å². The van der Waals surface area contributed by atoms with Crippen molar-refractivity contribution in [2.45, 2.75) is 45.9 Å². The summed E-state index contributed by atoms with van der Waals surface area (Å²) in [5.74, 6) is -3.74. The summed E-state index contributed by atoms with van der Waals surface area (Å²) in [7, 11) is 0. The first-order valence-electron chi connectivity index (χ1n) is 11.5. The Morgan fingerprint density at radius 2 is 1.84 bits per heavy atom. The Hall–Kier alpha value is -3.41.